The fraction of sp³-hybridized carbons (Fsp3) is 0.727. The van der Waals surface area contributed by atoms with Gasteiger partial charge in [0.25, 0.3) is 0 Å². The van der Waals surface area contributed by atoms with Gasteiger partial charge in [-0.3, -0.25) is 4.68 Å². The Kier molecular flexibility index (Phi) is 4.36. The van der Waals surface area contributed by atoms with Crippen molar-refractivity contribution < 1.29 is 8.42 Å². The lowest BCUT2D eigenvalue weighted by Crippen LogP contribution is -2.24. The quantitative estimate of drug-likeness (QED) is 0.708. The second-order valence-corrected chi connectivity index (χ2v) is 6.44. The van der Waals surface area contributed by atoms with Crippen LogP contribution in [0.5, 0.6) is 0 Å². The van der Waals surface area contributed by atoms with Crippen LogP contribution in [0.1, 0.15) is 19.3 Å². The maximum atomic E-state index is 11.9. The average molecular weight is 272 g/mol. The number of rotatable bonds is 8. The van der Waals surface area contributed by atoms with Gasteiger partial charge in [-0.25, -0.2) is 13.1 Å². The third kappa shape index (κ3) is 3.79. The third-order valence-corrected chi connectivity index (χ3v) is 4.47. The van der Waals surface area contributed by atoms with Crippen LogP contribution >= 0.6 is 0 Å². The van der Waals surface area contributed by atoms with Crippen LogP contribution in [-0.2, 0) is 16.6 Å². The molecular weight excluding hydrogens is 252 g/mol. The van der Waals surface area contributed by atoms with Crippen LogP contribution in [0.3, 0.4) is 0 Å². The van der Waals surface area contributed by atoms with Gasteiger partial charge >= 0.3 is 0 Å². The van der Waals surface area contributed by atoms with E-state index in [1.165, 1.54) is 19.0 Å². The van der Waals surface area contributed by atoms with Crippen LogP contribution in [0.4, 0.5) is 0 Å². The summed E-state index contributed by atoms with van der Waals surface area (Å²) in [7, 11) is -1.54. The smallest absolute Gasteiger partial charge is 0.243 e. The highest BCUT2D eigenvalue weighted by atomic mass is 32.2. The van der Waals surface area contributed by atoms with Crippen molar-refractivity contribution in [2.45, 2.75) is 30.7 Å². The van der Waals surface area contributed by atoms with Crippen LogP contribution < -0.4 is 10.0 Å². The molecule has 18 heavy (non-hydrogen) atoms. The first kappa shape index (κ1) is 13.5. The number of nitrogens with one attached hydrogen (secondary N) is 2. The molecule has 1 aliphatic rings. The maximum absolute atomic E-state index is 11.9. The Labute approximate surface area is 108 Å². The van der Waals surface area contributed by atoms with Gasteiger partial charge in [0.05, 0.1) is 12.7 Å². The Bertz CT molecular complexity index is 479. The lowest BCUT2D eigenvalue weighted by Gasteiger charge is -2.03. The van der Waals surface area contributed by atoms with Gasteiger partial charge in [0.1, 0.15) is 4.90 Å². The first-order valence-electron chi connectivity index (χ1n) is 6.28. The van der Waals surface area contributed by atoms with Gasteiger partial charge in [0.15, 0.2) is 0 Å². The van der Waals surface area contributed by atoms with Crippen molar-refractivity contribution in [3.63, 3.8) is 0 Å². The Morgan fingerprint density at radius 2 is 2.22 bits per heavy atom. The molecular formula is C11H20N4O2S. The molecule has 2 rings (SSSR count). The summed E-state index contributed by atoms with van der Waals surface area (Å²) in [5.41, 5.74) is 0. The van der Waals surface area contributed by atoms with Crippen molar-refractivity contribution in [1.82, 2.24) is 19.8 Å². The van der Waals surface area contributed by atoms with E-state index in [4.69, 9.17) is 0 Å². The highest BCUT2D eigenvalue weighted by Gasteiger charge is 2.22. The van der Waals surface area contributed by atoms with Gasteiger partial charge in [-0.2, -0.15) is 5.10 Å². The third-order valence-electron chi connectivity index (χ3n) is 3.05. The number of likely N-dealkylation sites (N-methyl/N-ethyl adjacent to an activating group) is 1. The standard InChI is InChI=1S/C11H20N4O2S/c1-12-6-7-15-9-11(8-13-15)18(16,17)14-5-4-10-2-3-10/h8-10,12,14H,2-7H2,1H3. The molecule has 0 amide bonds. The Morgan fingerprint density at radius 3 is 2.89 bits per heavy atom. The molecule has 0 bridgehead atoms. The molecule has 0 radical (unpaired) electrons. The monoisotopic (exact) mass is 272 g/mol. The van der Waals surface area contributed by atoms with E-state index in [2.05, 4.69) is 15.1 Å². The molecule has 1 aromatic rings. The van der Waals surface area contributed by atoms with Crippen molar-refractivity contribution >= 4 is 10.0 Å². The SMILES string of the molecule is CNCCn1cc(S(=O)(=O)NCCC2CC2)cn1. The maximum Gasteiger partial charge on any atom is 0.243 e. The normalized spacial score (nSPS) is 16.1. The molecule has 1 aromatic heterocycles. The number of hydrogen-bond donors (Lipinski definition) is 2. The number of aromatic nitrogens is 2. The van der Waals surface area contributed by atoms with E-state index in [1.54, 1.807) is 10.9 Å². The van der Waals surface area contributed by atoms with E-state index in [9.17, 15) is 8.42 Å². The molecule has 0 atom stereocenters. The lowest BCUT2D eigenvalue weighted by molar-refractivity contribution is 0.572. The van der Waals surface area contributed by atoms with E-state index in [0.717, 1.165) is 18.9 Å². The second-order valence-electron chi connectivity index (χ2n) is 4.67. The highest BCUT2D eigenvalue weighted by Crippen LogP contribution is 2.31. The number of hydrogen-bond acceptors (Lipinski definition) is 4. The molecule has 0 saturated heterocycles. The predicted molar refractivity (Wildman–Crippen MR) is 68.7 cm³/mol. The van der Waals surface area contributed by atoms with Gasteiger partial charge in [0.2, 0.25) is 10.0 Å². The van der Waals surface area contributed by atoms with Crippen LogP contribution in [0.25, 0.3) is 0 Å². The van der Waals surface area contributed by atoms with Crippen LogP contribution in [-0.4, -0.2) is 38.3 Å². The minimum atomic E-state index is -3.39. The predicted octanol–water partition coefficient (Wildman–Crippen LogP) is 0.181. The average Bonchev–Trinajstić information content (AvgIpc) is 3.02. The lowest BCUT2D eigenvalue weighted by atomic mass is 10.3. The molecule has 1 aliphatic carbocycles. The number of sulfonamides is 1. The summed E-state index contributed by atoms with van der Waals surface area (Å²) >= 11 is 0. The summed E-state index contributed by atoms with van der Waals surface area (Å²) in [6.45, 7) is 1.94. The summed E-state index contributed by atoms with van der Waals surface area (Å²) in [6.07, 6.45) is 6.38. The summed E-state index contributed by atoms with van der Waals surface area (Å²) in [4.78, 5) is 0.245. The van der Waals surface area contributed by atoms with Crippen molar-refractivity contribution in [2.24, 2.45) is 5.92 Å². The topological polar surface area (TPSA) is 76.0 Å². The van der Waals surface area contributed by atoms with Gasteiger partial charge in [-0.05, 0) is 19.4 Å². The van der Waals surface area contributed by atoms with Crippen LogP contribution in [0.15, 0.2) is 17.3 Å². The van der Waals surface area contributed by atoms with Crippen molar-refractivity contribution in [3.05, 3.63) is 12.4 Å². The minimum Gasteiger partial charge on any atom is -0.318 e. The molecule has 2 N–H and O–H groups in total. The van der Waals surface area contributed by atoms with Crippen LogP contribution in [0.2, 0.25) is 0 Å². The van der Waals surface area contributed by atoms with Gasteiger partial charge in [-0.1, -0.05) is 12.8 Å². The zero-order valence-electron chi connectivity index (χ0n) is 10.6. The first-order valence-corrected chi connectivity index (χ1v) is 7.77. The van der Waals surface area contributed by atoms with E-state index < -0.39 is 10.0 Å². The molecule has 1 saturated carbocycles. The molecule has 0 unspecified atom stereocenters. The Balaban J connectivity index is 1.88. The second kappa shape index (κ2) is 5.81. The van der Waals surface area contributed by atoms with Crippen molar-refractivity contribution in [3.8, 4) is 0 Å². The minimum absolute atomic E-state index is 0.245. The number of nitrogens with zero attached hydrogens (tertiary/aromatic N) is 2. The fourth-order valence-electron chi connectivity index (χ4n) is 1.72. The van der Waals surface area contributed by atoms with E-state index >= 15 is 0 Å². The largest absolute Gasteiger partial charge is 0.318 e. The molecule has 0 aromatic carbocycles. The zero-order valence-corrected chi connectivity index (χ0v) is 11.4. The molecule has 7 heteroatoms. The van der Waals surface area contributed by atoms with E-state index in [-0.39, 0.29) is 4.90 Å². The fourth-order valence-corrected chi connectivity index (χ4v) is 2.72. The summed E-state index contributed by atoms with van der Waals surface area (Å²) in [6, 6.07) is 0. The summed E-state index contributed by atoms with van der Waals surface area (Å²) in [5.74, 6) is 0.728. The molecule has 102 valence electrons. The molecule has 1 fully saturated rings. The Morgan fingerprint density at radius 1 is 1.44 bits per heavy atom. The molecule has 0 spiro atoms. The van der Waals surface area contributed by atoms with E-state index in [1.807, 2.05) is 7.05 Å². The van der Waals surface area contributed by atoms with E-state index in [0.29, 0.717) is 13.1 Å². The molecule has 0 aliphatic heterocycles. The van der Waals surface area contributed by atoms with Crippen molar-refractivity contribution in [1.29, 1.82) is 0 Å². The molecule has 6 nitrogen and oxygen atoms in total. The summed E-state index contributed by atoms with van der Waals surface area (Å²) in [5, 5.41) is 7.02. The van der Waals surface area contributed by atoms with Gasteiger partial charge in [0, 0.05) is 19.3 Å². The van der Waals surface area contributed by atoms with Gasteiger partial charge < -0.3 is 5.32 Å². The highest BCUT2D eigenvalue weighted by molar-refractivity contribution is 7.89. The van der Waals surface area contributed by atoms with Gasteiger partial charge in [-0.15, -0.1) is 0 Å². The Hall–Kier alpha value is -0.920. The van der Waals surface area contributed by atoms with Crippen molar-refractivity contribution in [2.75, 3.05) is 20.1 Å². The molecule has 1 heterocycles. The first-order chi connectivity index (χ1) is 8.62. The summed E-state index contributed by atoms with van der Waals surface area (Å²) < 4.78 is 28.1. The van der Waals surface area contributed by atoms with Crippen LogP contribution in [0, 0.1) is 5.92 Å². The zero-order chi connectivity index (χ0) is 13.0.